The zero-order valence-electron chi connectivity index (χ0n) is 9.86. The second kappa shape index (κ2) is 5.90. The van der Waals surface area contributed by atoms with Crippen LogP contribution in [-0.4, -0.2) is 5.88 Å². The van der Waals surface area contributed by atoms with E-state index in [4.69, 9.17) is 11.6 Å². The summed E-state index contributed by atoms with van der Waals surface area (Å²) in [4.78, 5) is 0. The van der Waals surface area contributed by atoms with Crippen molar-refractivity contribution in [2.24, 2.45) is 17.3 Å². The van der Waals surface area contributed by atoms with Crippen molar-refractivity contribution in [2.45, 2.75) is 53.9 Å². The third-order valence-corrected chi connectivity index (χ3v) is 4.22. The zero-order valence-corrected chi connectivity index (χ0v) is 10.6. The van der Waals surface area contributed by atoms with Gasteiger partial charge >= 0.3 is 0 Å². The normalized spacial score (nSPS) is 16.6. The van der Waals surface area contributed by atoms with Crippen LogP contribution in [0.25, 0.3) is 0 Å². The van der Waals surface area contributed by atoms with Gasteiger partial charge in [0, 0.05) is 5.88 Å². The van der Waals surface area contributed by atoms with E-state index in [-0.39, 0.29) is 0 Å². The number of hydrogen-bond donors (Lipinski definition) is 0. The van der Waals surface area contributed by atoms with Gasteiger partial charge < -0.3 is 0 Å². The van der Waals surface area contributed by atoms with Gasteiger partial charge in [0.15, 0.2) is 0 Å². The first-order valence-electron chi connectivity index (χ1n) is 5.56. The van der Waals surface area contributed by atoms with Gasteiger partial charge in [0.05, 0.1) is 0 Å². The van der Waals surface area contributed by atoms with Crippen LogP contribution < -0.4 is 0 Å². The fourth-order valence-corrected chi connectivity index (χ4v) is 2.10. The van der Waals surface area contributed by atoms with Gasteiger partial charge in [-0.3, -0.25) is 0 Å². The number of hydrogen-bond acceptors (Lipinski definition) is 0. The highest BCUT2D eigenvalue weighted by atomic mass is 35.5. The quantitative estimate of drug-likeness (QED) is 0.550. The molecule has 0 aliphatic rings. The molecule has 0 heterocycles. The molecule has 0 N–H and O–H groups in total. The SMILES string of the molecule is CCC(CC)CC(C)(CCl)C(C)C. The number of halogens is 1. The molecule has 0 fully saturated rings. The van der Waals surface area contributed by atoms with Gasteiger partial charge in [-0.05, 0) is 23.7 Å². The topological polar surface area (TPSA) is 0 Å². The van der Waals surface area contributed by atoms with Crippen LogP contribution in [0.3, 0.4) is 0 Å². The highest BCUT2D eigenvalue weighted by Crippen LogP contribution is 2.37. The first kappa shape index (κ1) is 13.3. The van der Waals surface area contributed by atoms with Crippen molar-refractivity contribution in [1.82, 2.24) is 0 Å². The smallest absolute Gasteiger partial charge is 0.0279 e. The van der Waals surface area contributed by atoms with Crippen molar-refractivity contribution >= 4 is 11.6 Å². The maximum Gasteiger partial charge on any atom is 0.0279 e. The van der Waals surface area contributed by atoms with Gasteiger partial charge in [-0.1, -0.05) is 47.5 Å². The minimum absolute atomic E-state index is 0.332. The molecule has 0 saturated heterocycles. The van der Waals surface area contributed by atoms with Crippen molar-refractivity contribution in [2.75, 3.05) is 5.88 Å². The Hall–Kier alpha value is 0.290. The van der Waals surface area contributed by atoms with E-state index in [0.29, 0.717) is 11.3 Å². The summed E-state index contributed by atoms with van der Waals surface area (Å²) in [7, 11) is 0. The summed E-state index contributed by atoms with van der Waals surface area (Å²) < 4.78 is 0. The summed E-state index contributed by atoms with van der Waals surface area (Å²) >= 11 is 6.06. The summed E-state index contributed by atoms with van der Waals surface area (Å²) in [5.74, 6) is 2.33. The molecule has 0 aliphatic heterocycles. The van der Waals surface area contributed by atoms with E-state index < -0.39 is 0 Å². The molecular weight excluding hydrogens is 180 g/mol. The van der Waals surface area contributed by atoms with Gasteiger partial charge in [-0.2, -0.15) is 0 Å². The van der Waals surface area contributed by atoms with E-state index in [0.717, 1.165) is 11.8 Å². The molecule has 0 radical (unpaired) electrons. The molecule has 0 aromatic rings. The Morgan fingerprint density at radius 3 is 1.85 bits per heavy atom. The Bertz CT molecular complexity index is 127. The van der Waals surface area contributed by atoms with Crippen LogP contribution >= 0.6 is 11.6 Å². The van der Waals surface area contributed by atoms with Crippen LogP contribution in [0.2, 0.25) is 0 Å². The fraction of sp³-hybridized carbons (Fsp3) is 1.00. The molecule has 0 aliphatic carbocycles. The molecule has 0 aromatic carbocycles. The first-order valence-corrected chi connectivity index (χ1v) is 6.09. The lowest BCUT2D eigenvalue weighted by Crippen LogP contribution is -2.28. The predicted molar refractivity (Wildman–Crippen MR) is 62.4 cm³/mol. The standard InChI is InChI=1S/C12H25Cl/c1-6-11(7-2)8-12(5,9-13)10(3)4/h10-11H,6-9H2,1-5H3. The van der Waals surface area contributed by atoms with Crippen molar-refractivity contribution in [3.05, 3.63) is 0 Å². The van der Waals surface area contributed by atoms with Crippen LogP contribution in [0.15, 0.2) is 0 Å². The zero-order chi connectivity index (χ0) is 10.5. The van der Waals surface area contributed by atoms with Crippen LogP contribution in [0.1, 0.15) is 53.9 Å². The molecule has 0 saturated carbocycles. The monoisotopic (exact) mass is 204 g/mol. The maximum atomic E-state index is 6.06. The molecule has 0 bridgehead atoms. The highest BCUT2D eigenvalue weighted by Gasteiger charge is 2.29. The average Bonchev–Trinajstić information content (AvgIpc) is 2.13. The maximum absolute atomic E-state index is 6.06. The average molecular weight is 205 g/mol. The van der Waals surface area contributed by atoms with E-state index in [1.165, 1.54) is 19.3 Å². The van der Waals surface area contributed by atoms with Crippen LogP contribution in [-0.2, 0) is 0 Å². The first-order chi connectivity index (χ1) is 6.00. The van der Waals surface area contributed by atoms with Crippen molar-refractivity contribution < 1.29 is 0 Å². The summed E-state index contributed by atoms with van der Waals surface area (Å²) in [6.07, 6.45) is 3.85. The molecule has 0 amide bonds. The van der Waals surface area contributed by atoms with E-state index >= 15 is 0 Å². The highest BCUT2D eigenvalue weighted by molar-refractivity contribution is 6.18. The van der Waals surface area contributed by atoms with Gasteiger partial charge in [0.2, 0.25) is 0 Å². The van der Waals surface area contributed by atoms with Crippen LogP contribution in [0.5, 0.6) is 0 Å². The van der Waals surface area contributed by atoms with E-state index in [2.05, 4.69) is 34.6 Å². The van der Waals surface area contributed by atoms with Crippen LogP contribution in [0.4, 0.5) is 0 Å². The second-order valence-corrected chi connectivity index (χ2v) is 5.10. The lowest BCUT2D eigenvalue weighted by Gasteiger charge is -2.34. The fourth-order valence-electron chi connectivity index (χ4n) is 1.68. The Kier molecular flexibility index (Phi) is 6.04. The predicted octanol–water partition coefficient (Wildman–Crippen LogP) is 4.71. The molecule has 1 unspecified atom stereocenters. The second-order valence-electron chi connectivity index (χ2n) is 4.83. The molecule has 0 nitrogen and oxygen atoms in total. The molecule has 0 aromatic heterocycles. The third-order valence-electron chi connectivity index (χ3n) is 3.61. The molecule has 1 heteroatoms. The van der Waals surface area contributed by atoms with E-state index in [9.17, 15) is 0 Å². The minimum atomic E-state index is 0.332. The molecule has 0 rings (SSSR count). The summed E-state index contributed by atoms with van der Waals surface area (Å²) in [6, 6.07) is 0. The molecule has 1 atom stereocenters. The summed E-state index contributed by atoms with van der Waals surface area (Å²) in [5, 5.41) is 0. The number of rotatable bonds is 6. The van der Waals surface area contributed by atoms with Crippen molar-refractivity contribution in [3.8, 4) is 0 Å². The van der Waals surface area contributed by atoms with Crippen molar-refractivity contribution in [3.63, 3.8) is 0 Å². The Balaban J connectivity index is 4.24. The molecular formula is C12H25Cl. The lowest BCUT2D eigenvalue weighted by atomic mass is 9.73. The summed E-state index contributed by atoms with van der Waals surface area (Å²) in [5.41, 5.74) is 0.332. The Morgan fingerprint density at radius 2 is 1.62 bits per heavy atom. The lowest BCUT2D eigenvalue weighted by molar-refractivity contribution is 0.186. The Labute approximate surface area is 89.1 Å². The molecule has 0 spiro atoms. The molecule has 13 heavy (non-hydrogen) atoms. The molecule has 80 valence electrons. The Morgan fingerprint density at radius 1 is 1.15 bits per heavy atom. The van der Waals surface area contributed by atoms with E-state index in [1.54, 1.807) is 0 Å². The largest absolute Gasteiger partial charge is 0.126 e. The minimum Gasteiger partial charge on any atom is -0.126 e. The van der Waals surface area contributed by atoms with Gasteiger partial charge in [-0.15, -0.1) is 11.6 Å². The third kappa shape index (κ3) is 3.89. The van der Waals surface area contributed by atoms with Crippen LogP contribution in [0, 0.1) is 17.3 Å². The van der Waals surface area contributed by atoms with Gasteiger partial charge in [0.1, 0.15) is 0 Å². The van der Waals surface area contributed by atoms with E-state index in [1.807, 2.05) is 0 Å². The van der Waals surface area contributed by atoms with Gasteiger partial charge in [0.25, 0.3) is 0 Å². The van der Waals surface area contributed by atoms with Gasteiger partial charge in [-0.25, -0.2) is 0 Å². The number of alkyl halides is 1. The van der Waals surface area contributed by atoms with Crippen molar-refractivity contribution in [1.29, 1.82) is 0 Å². The summed E-state index contributed by atoms with van der Waals surface area (Å²) in [6.45, 7) is 11.4.